The number of hydrogen-bond acceptors (Lipinski definition) is 7. The van der Waals surface area contributed by atoms with E-state index in [-0.39, 0.29) is 49.0 Å². The predicted molar refractivity (Wildman–Crippen MR) is 222 cm³/mol. The number of ether oxygens (including phenoxy) is 2. The highest BCUT2D eigenvalue weighted by Gasteiger charge is 2.35. The Morgan fingerprint density at radius 2 is 1.66 bits per heavy atom. The molecule has 3 N–H and O–H groups in total. The Bertz CT molecular complexity index is 2320. The number of benzene rings is 4. The third-order valence-electron chi connectivity index (χ3n) is 11.8. The van der Waals surface area contributed by atoms with Gasteiger partial charge < -0.3 is 25.2 Å². The number of nitrogens with zero attached hydrogens (tertiary/aromatic N) is 3. The molecular formula is C45H49ClF3N5O5. The minimum absolute atomic E-state index is 0.0308. The van der Waals surface area contributed by atoms with Crippen LogP contribution in [0, 0.1) is 5.92 Å². The maximum Gasteiger partial charge on any atom is 0.416 e. The number of carbonyl (C=O) groups is 2. The van der Waals surface area contributed by atoms with Gasteiger partial charge in [-0.25, -0.2) is 0 Å². The van der Waals surface area contributed by atoms with Crippen LogP contribution in [-0.2, 0) is 35.4 Å². The van der Waals surface area contributed by atoms with Gasteiger partial charge in [-0.05, 0) is 86.0 Å². The molecule has 59 heavy (non-hydrogen) atoms. The van der Waals surface area contributed by atoms with Gasteiger partial charge in [0.15, 0.2) is 0 Å². The molecule has 0 unspecified atom stereocenters. The van der Waals surface area contributed by atoms with Crippen molar-refractivity contribution in [2.24, 2.45) is 5.92 Å². The molecule has 1 atom stereocenters. The molecule has 1 aliphatic carbocycles. The van der Waals surface area contributed by atoms with Crippen LogP contribution in [0.1, 0.15) is 67.2 Å². The summed E-state index contributed by atoms with van der Waals surface area (Å²) in [5.74, 6) is 0.462. The number of aliphatic carboxylic acids is 1. The van der Waals surface area contributed by atoms with Crippen molar-refractivity contribution in [2.75, 3.05) is 27.8 Å². The van der Waals surface area contributed by atoms with Gasteiger partial charge in [0.2, 0.25) is 5.91 Å². The number of methoxy groups -OCH3 is 2. The van der Waals surface area contributed by atoms with E-state index in [0.29, 0.717) is 47.1 Å². The van der Waals surface area contributed by atoms with Crippen molar-refractivity contribution in [3.8, 4) is 33.8 Å². The first kappa shape index (κ1) is 42.0. The molecular weight excluding hydrogens is 783 g/mol. The van der Waals surface area contributed by atoms with Gasteiger partial charge in [-0.3, -0.25) is 19.2 Å². The quantitative estimate of drug-likeness (QED) is 0.0958. The number of halogens is 4. The molecule has 0 spiro atoms. The molecule has 1 aromatic heterocycles. The van der Waals surface area contributed by atoms with E-state index in [2.05, 4.69) is 15.7 Å². The molecule has 1 saturated heterocycles. The zero-order chi connectivity index (χ0) is 41.8. The van der Waals surface area contributed by atoms with Crippen LogP contribution in [0.3, 0.4) is 0 Å². The van der Waals surface area contributed by atoms with Crippen LogP contribution in [0.2, 0.25) is 5.02 Å². The van der Waals surface area contributed by atoms with Gasteiger partial charge in [0.25, 0.3) is 0 Å². The molecule has 0 radical (unpaired) electrons. The van der Waals surface area contributed by atoms with E-state index < -0.39 is 17.7 Å². The lowest BCUT2D eigenvalue weighted by molar-refractivity contribution is -0.139. The SMILES string of the molecule is COc1cc(-c2cccc(-c3cccc4c3cnn4Cc3cc(OC)c(CN(C)C4CCC(CC(=O)O)CC4)cc3C(F)(F)F)c2Cl)ccc1CNC[C@@H]1CCC(=O)N1. The Kier molecular flexibility index (Phi) is 12.8. The molecule has 1 saturated carbocycles. The number of hydrogen-bond donors (Lipinski definition) is 3. The van der Waals surface area contributed by atoms with Crippen molar-refractivity contribution in [3.63, 3.8) is 0 Å². The number of aromatic nitrogens is 2. The van der Waals surface area contributed by atoms with Gasteiger partial charge >= 0.3 is 12.1 Å². The molecule has 1 aliphatic heterocycles. The fourth-order valence-corrected chi connectivity index (χ4v) is 9.00. The summed E-state index contributed by atoms with van der Waals surface area (Å²) < 4.78 is 57.3. The summed E-state index contributed by atoms with van der Waals surface area (Å²) in [6, 6.07) is 20.2. The Hall–Kier alpha value is -5.11. The fourth-order valence-electron chi connectivity index (χ4n) is 8.67. The standard InChI is InChI=1S/C45H49ClF3N5O5/c1-53(33-15-10-27(11-16-33)18-43(56)57)25-31-19-38(45(47,48)49)30(21-41(31)59-3)26-54-39-9-5-7-35(37(39)24-51-54)36-8-4-6-34(44(36)46)28-12-13-29(40(20-28)58-2)22-50-23-32-14-17-42(55)52-32/h4-9,12-13,19-21,24,27,32-33,50H,10-11,14-18,22-23,25-26H2,1-3H3,(H,52,55)(H,56,57)/t27?,32-,33?/m0/s1. The summed E-state index contributed by atoms with van der Waals surface area (Å²) in [5.41, 5.74) is 4.51. The molecule has 10 nitrogen and oxygen atoms in total. The number of fused-ring (bicyclic) bond motifs is 1. The van der Waals surface area contributed by atoms with Gasteiger partial charge in [-0.15, -0.1) is 0 Å². The second-order valence-electron chi connectivity index (χ2n) is 15.7. The minimum Gasteiger partial charge on any atom is -0.496 e. The molecule has 7 rings (SSSR count). The van der Waals surface area contributed by atoms with E-state index in [0.717, 1.165) is 65.3 Å². The Labute approximate surface area is 346 Å². The van der Waals surface area contributed by atoms with E-state index in [1.54, 1.807) is 18.0 Å². The number of amides is 1. The minimum atomic E-state index is -4.63. The second kappa shape index (κ2) is 18.0. The maximum absolute atomic E-state index is 14.8. The van der Waals surface area contributed by atoms with Gasteiger partial charge in [0, 0.05) is 72.2 Å². The van der Waals surface area contributed by atoms with E-state index in [1.165, 1.54) is 19.2 Å². The van der Waals surface area contributed by atoms with Gasteiger partial charge in [-0.1, -0.05) is 54.1 Å². The molecule has 14 heteroatoms. The van der Waals surface area contributed by atoms with E-state index in [4.69, 9.17) is 21.1 Å². The molecule has 4 aromatic carbocycles. The van der Waals surface area contributed by atoms with E-state index >= 15 is 0 Å². The number of carbonyl (C=O) groups excluding carboxylic acids is 1. The normalized spacial score (nSPS) is 18.4. The molecule has 0 bridgehead atoms. The van der Waals surface area contributed by atoms with Crippen molar-refractivity contribution in [3.05, 3.63) is 100 Å². The third-order valence-corrected chi connectivity index (χ3v) is 12.2. The average molecular weight is 832 g/mol. The number of carboxylic acids is 1. The molecule has 312 valence electrons. The van der Waals surface area contributed by atoms with E-state index in [9.17, 15) is 27.9 Å². The summed E-state index contributed by atoms with van der Waals surface area (Å²) in [6.07, 6.45) is 1.66. The average Bonchev–Trinajstić information content (AvgIpc) is 3.83. The number of nitrogens with one attached hydrogen (secondary N) is 2. The molecule has 2 heterocycles. The summed E-state index contributed by atoms with van der Waals surface area (Å²) in [6.45, 7) is 1.33. The second-order valence-corrected chi connectivity index (χ2v) is 16.1. The van der Waals surface area contributed by atoms with Gasteiger partial charge in [0.05, 0.1) is 43.1 Å². The highest BCUT2D eigenvalue weighted by molar-refractivity contribution is 6.36. The molecule has 2 aliphatic rings. The Morgan fingerprint density at radius 1 is 0.949 bits per heavy atom. The van der Waals surface area contributed by atoms with Gasteiger partial charge in [0.1, 0.15) is 11.5 Å². The lowest BCUT2D eigenvalue weighted by atomic mass is 9.83. The van der Waals surface area contributed by atoms with Crippen LogP contribution >= 0.6 is 11.6 Å². The molecule has 2 fully saturated rings. The van der Waals surface area contributed by atoms with Crippen LogP contribution in [0.4, 0.5) is 13.2 Å². The number of alkyl halides is 3. The zero-order valence-electron chi connectivity index (χ0n) is 33.4. The van der Waals surface area contributed by atoms with Crippen molar-refractivity contribution in [1.29, 1.82) is 0 Å². The van der Waals surface area contributed by atoms with Crippen LogP contribution in [0.5, 0.6) is 11.5 Å². The van der Waals surface area contributed by atoms with Crippen LogP contribution in [0.15, 0.2) is 72.9 Å². The third kappa shape index (κ3) is 9.53. The van der Waals surface area contributed by atoms with Crippen molar-refractivity contribution in [1.82, 2.24) is 25.3 Å². The zero-order valence-corrected chi connectivity index (χ0v) is 34.1. The van der Waals surface area contributed by atoms with Gasteiger partial charge in [-0.2, -0.15) is 18.3 Å². The summed E-state index contributed by atoms with van der Waals surface area (Å²) >= 11 is 7.17. The van der Waals surface area contributed by atoms with Crippen molar-refractivity contribution in [2.45, 2.75) is 82.8 Å². The largest absolute Gasteiger partial charge is 0.496 e. The van der Waals surface area contributed by atoms with E-state index in [1.807, 2.05) is 66.5 Å². The first-order valence-corrected chi connectivity index (χ1v) is 20.3. The lowest BCUT2D eigenvalue weighted by Crippen LogP contribution is -2.35. The molecule has 5 aromatic rings. The predicted octanol–water partition coefficient (Wildman–Crippen LogP) is 8.94. The van der Waals surface area contributed by atoms with Crippen molar-refractivity contribution < 1.29 is 37.3 Å². The highest BCUT2D eigenvalue weighted by atomic mass is 35.5. The Morgan fingerprint density at radius 3 is 2.36 bits per heavy atom. The summed E-state index contributed by atoms with van der Waals surface area (Å²) in [5, 5.41) is 21.4. The fraction of sp³-hybridized carbons (Fsp3) is 0.400. The number of carboxylic acid groups (broad SMARTS) is 1. The Balaban J connectivity index is 1.12. The first-order valence-electron chi connectivity index (χ1n) is 19.9. The molecule has 1 amide bonds. The van der Waals surface area contributed by atoms with Crippen LogP contribution in [0.25, 0.3) is 33.2 Å². The summed E-state index contributed by atoms with van der Waals surface area (Å²) in [4.78, 5) is 24.8. The topological polar surface area (TPSA) is 118 Å². The van der Waals surface area contributed by atoms with Crippen LogP contribution in [-0.4, -0.2) is 71.6 Å². The summed E-state index contributed by atoms with van der Waals surface area (Å²) in [7, 11) is 4.98. The number of rotatable bonds is 15. The van der Waals surface area contributed by atoms with Crippen molar-refractivity contribution >= 4 is 34.4 Å². The lowest BCUT2D eigenvalue weighted by Gasteiger charge is -2.34. The monoisotopic (exact) mass is 831 g/mol. The van der Waals surface area contributed by atoms with Crippen LogP contribution < -0.4 is 20.1 Å². The highest BCUT2D eigenvalue weighted by Crippen LogP contribution is 2.42. The smallest absolute Gasteiger partial charge is 0.416 e. The maximum atomic E-state index is 14.8. The first-order chi connectivity index (χ1) is 28.3.